The van der Waals surface area contributed by atoms with Crippen molar-refractivity contribution < 1.29 is 28.2 Å². The number of aromatic nitrogens is 1. The van der Waals surface area contributed by atoms with Crippen LogP contribution in [0.5, 0.6) is 0 Å². The maximum atomic E-state index is 12.3. The first-order valence-electron chi connectivity index (χ1n) is 4.75. The van der Waals surface area contributed by atoms with Gasteiger partial charge in [0.05, 0.1) is 12.0 Å². The molecule has 0 saturated carbocycles. The summed E-state index contributed by atoms with van der Waals surface area (Å²) >= 11 is 0. The Morgan fingerprint density at radius 2 is 2.06 bits per heavy atom. The summed E-state index contributed by atoms with van der Waals surface area (Å²) in [6.07, 6.45) is -7.13. The highest BCUT2D eigenvalue weighted by molar-refractivity contribution is 6.03. The normalized spacial score (nSPS) is 25.8. The minimum absolute atomic E-state index is 0.0679. The molecule has 2 rings (SSSR count). The lowest BCUT2D eigenvalue weighted by molar-refractivity contribution is -0.221. The summed E-state index contributed by atoms with van der Waals surface area (Å²) in [5.41, 5.74) is -0.00778. The number of hydrogen-bond acceptors (Lipinski definition) is 4. The van der Waals surface area contributed by atoms with Gasteiger partial charge in [-0.05, 0) is 11.6 Å². The number of pyridine rings is 1. The summed E-state index contributed by atoms with van der Waals surface area (Å²) in [5.74, 6) is -2.85. The van der Waals surface area contributed by atoms with Gasteiger partial charge in [-0.1, -0.05) is 0 Å². The highest BCUT2D eigenvalue weighted by Gasteiger charge is 2.53. The number of carbonyl (C=O) groups excluding carboxylic acids is 1. The molecular weight excluding hydrogens is 239 g/mol. The molecule has 0 aliphatic heterocycles. The molecule has 17 heavy (non-hydrogen) atoms. The first-order valence-corrected chi connectivity index (χ1v) is 4.75. The maximum Gasteiger partial charge on any atom is 0.415 e. The van der Waals surface area contributed by atoms with Crippen molar-refractivity contribution in [1.29, 1.82) is 0 Å². The average molecular weight is 247 g/mol. The van der Waals surface area contributed by atoms with Crippen LogP contribution in [-0.4, -0.2) is 33.3 Å². The SMILES string of the molecule is O=C1c2cnccc2C(O)C1C(O)C(F)(F)F. The molecule has 7 heteroatoms. The zero-order valence-electron chi connectivity index (χ0n) is 8.35. The largest absolute Gasteiger partial charge is 0.415 e. The second-order valence-electron chi connectivity index (χ2n) is 3.78. The Labute approximate surface area is 93.7 Å². The summed E-state index contributed by atoms with van der Waals surface area (Å²) in [7, 11) is 0. The van der Waals surface area contributed by atoms with E-state index >= 15 is 0 Å². The lowest BCUT2D eigenvalue weighted by atomic mass is 9.95. The Hall–Kier alpha value is -1.47. The number of ketones is 1. The molecule has 0 fully saturated rings. The zero-order valence-corrected chi connectivity index (χ0v) is 8.35. The molecule has 92 valence electrons. The van der Waals surface area contributed by atoms with Crippen LogP contribution < -0.4 is 0 Å². The van der Waals surface area contributed by atoms with Gasteiger partial charge in [-0.2, -0.15) is 13.2 Å². The minimum atomic E-state index is -4.95. The fourth-order valence-electron chi connectivity index (χ4n) is 1.91. The van der Waals surface area contributed by atoms with Crippen LogP contribution in [0.25, 0.3) is 0 Å². The minimum Gasteiger partial charge on any atom is -0.388 e. The van der Waals surface area contributed by atoms with Crippen LogP contribution in [0.1, 0.15) is 22.0 Å². The van der Waals surface area contributed by atoms with Crippen molar-refractivity contribution in [3.05, 3.63) is 29.6 Å². The summed E-state index contributed by atoms with van der Waals surface area (Å²) in [5, 5.41) is 18.7. The van der Waals surface area contributed by atoms with E-state index in [0.717, 1.165) is 6.20 Å². The lowest BCUT2D eigenvalue weighted by Crippen LogP contribution is -2.40. The standard InChI is InChI=1S/C10H8F3NO3/c11-10(12,13)9(17)6-7(15)4-1-2-14-3-5(4)8(6)16/h1-3,6-7,9,15,17H. The van der Waals surface area contributed by atoms with E-state index in [9.17, 15) is 23.1 Å². The van der Waals surface area contributed by atoms with Crippen LogP contribution in [0.4, 0.5) is 13.2 Å². The Kier molecular flexibility index (Phi) is 2.67. The molecule has 3 atom stereocenters. The van der Waals surface area contributed by atoms with E-state index in [1.54, 1.807) is 0 Å². The van der Waals surface area contributed by atoms with E-state index in [1.165, 1.54) is 12.3 Å². The predicted molar refractivity (Wildman–Crippen MR) is 49.1 cm³/mol. The molecule has 0 saturated heterocycles. The number of aliphatic hydroxyl groups is 2. The number of carbonyl (C=O) groups is 1. The zero-order chi connectivity index (χ0) is 12.8. The highest BCUT2D eigenvalue weighted by atomic mass is 19.4. The van der Waals surface area contributed by atoms with Gasteiger partial charge >= 0.3 is 6.18 Å². The van der Waals surface area contributed by atoms with Crippen LogP contribution >= 0.6 is 0 Å². The molecule has 0 bridgehead atoms. The van der Waals surface area contributed by atoms with Gasteiger partial charge in [0.1, 0.15) is 0 Å². The molecule has 2 N–H and O–H groups in total. The molecule has 0 radical (unpaired) electrons. The molecule has 0 spiro atoms. The topological polar surface area (TPSA) is 70.4 Å². The maximum absolute atomic E-state index is 12.3. The third-order valence-corrected chi connectivity index (χ3v) is 2.76. The summed E-state index contributed by atoms with van der Waals surface area (Å²) < 4.78 is 37.0. The van der Waals surface area contributed by atoms with Crippen molar-refractivity contribution in [2.75, 3.05) is 0 Å². The second kappa shape index (κ2) is 3.78. The third-order valence-electron chi connectivity index (χ3n) is 2.76. The lowest BCUT2D eigenvalue weighted by Gasteiger charge is -2.22. The van der Waals surface area contributed by atoms with Crippen molar-refractivity contribution in [2.45, 2.75) is 18.4 Å². The van der Waals surface area contributed by atoms with Crippen molar-refractivity contribution in [2.24, 2.45) is 5.92 Å². The van der Waals surface area contributed by atoms with E-state index < -0.39 is 30.1 Å². The summed E-state index contributed by atoms with van der Waals surface area (Å²) in [6, 6.07) is 1.26. The molecule has 1 heterocycles. The van der Waals surface area contributed by atoms with Gasteiger partial charge < -0.3 is 10.2 Å². The van der Waals surface area contributed by atoms with Gasteiger partial charge in [-0.3, -0.25) is 9.78 Å². The Morgan fingerprint density at radius 1 is 1.41 bits per heavy atom. The van der Waals surface area contributed by atoms with Gasteiger partial charge in [0.2, 0.25) is 0 Å². The number of fused-ring (bicyclic) bond motifs is 1. The summed E-state index contributed by atoms with van der Waals surface area (Å²) in [6.45, 7) is 0. The molecule has 1 aromatic rings. The van der Waals surface area contributed by atoms with E-state index in [1.807, 2.05) is 0 Å². The van der Waals surface area contributed by atoms with Gasteiger partial charge in [-0.15, -0.1) is 0 Å². The highest BCUT2D eigenvalue weighted by Crippen LogP contribution is 2.41. The van der Waals surface area contributed by atoms with Crippen LogP contribution in [0.15, 0.2) is 18.5 Å². The third kappa shape index (κ3) is 1.81. The number of halogens is 3. The van der Waals surface area contributed by atoms with E-state index in [0.29, 0.717) is 0 Å². The molecule has 4 nitrogen and oxygen atoms in total. The summed E-state index contributed by atoms with van der Waals surface area (Å²) in [4.78, 5) is 15.2. The molecule has 0 aromatic carbocycles. The van der Waals surface area contributed by atoms with Crippen LogP contribution in [-0.2, 0) is 0 Å². The van der Waals surface area contributed by atoms with Crippen molar-refractivity contribution in [3.8, 4) is 0 Å². The molecule has 1 aromatic heterocycles. The Morgan fingerprint density at radius 3 is 2.59 bits per heavy atom. The average Bonchev–Trinajstić information content (AvgIpc) is 2.51. The van der Waals surface area contributed by atoms with E-state index in [-0.39, 0.29) is 11.1 Å². The number of rotatable bonds is 1. The molecule has 1 aliphatic rings. The number of Topliss-reactive ketones (excluding diaryl/α,β-unsaturated/α-hetero) is 1. The molecule has 3 unspecified atom stereocenters. The monoisotopic (exact) mass is 247 g/mol. The smallest absolute Gasteiger partial charge is 0.388 e. The fraction of sp³-hybridized carbons (Fsp3) is 0.400. The second-order valence-corrected chi connectivity index (χ2v) is 3.78. The Balaban J connectivity index is 2.40. The van der Waals surface area contributed by atoms with Crippen LogP contribution in [0.2, 0.25) is 0 Å². The van der Waals surface area contributed by atoms with Crippen LogP contribution in [0, 0.1) is 5.92 Å². The number of nitrogens with zero attached hydrogens (tertiary/aromatic N) is 1. The number of hydrogen-bond donors (Lipinski definition) is 2. The predicted octanol–water partition coefficient (Wildman–Crippen LogP) is 0.851. The van der Waals surface area contributed by atoms with Crippen molar-refractivity contribution >= 4 is 5.78 Å². The number of aliphatic hydroxyl groups excluding tert-OH is 2. The molecule has 1 aliphatic carbocycles. The van der Waals surface area contributed by atoms with Gasteiger partial charge in [0, 0.05) is 18.0 Å². The quantitative estimate of drug-likeness (QED) is 0.771. The van der Waals surface area contributed by atoms with Crippen molar-refractivity contribution in [3.63, 3.8) is 0 Å². The Bertz CT molecular complexity index is 460. The fourth-order valence-corrected chi connectivity index (χ4v) is 1.91. The van der Waals surface area contributed by atoms with E-state index in [4.69, 9.17) is 5.11 Å². The van der Waals surface area contributed by atoms with Crippen LogP contribution in [0.3, 0.4) is 0 Å². The first kappa shape index (κ1) is 12.0. The van der Waals surface area contributed by atoms with Gasteiger partial charge in [0.25, 0.3) is 0 Å². The van der Waals surface area contributed by atoms with Crippen molar-refractivity contribution in [1.82, 2.24) is 4.98 Å². The molecular formula is C10H8F3NO3. The van der Waals surface area contributed by atoms with Gasteiger partial charge in [-0.25, -0.2) is 0 Å². The molecule has 0 amide bonds. The first-order chi connectivity index (χ1) is 7.84. The van der Waals surface area contributed by atoms with Gasteiger partial charge in [0.15, 0.2) is 11.9 Å². The number of alkyl halides is 3. The van der Waals surface area contributed by atoms with E-state index in [2.05, 4.69) is 4.98 Å².